The lowest BCUT2D eigenvalue weighted by Crippen LogP contribution is -2.56. The summed E-state index contributed by atoms with van der Waals surface area (Å²) in [5.41, 5.74) is 11.1. The number of hydrogen-bond acceptors (Lipinski definition) is 8. The summed E-state index contributed by atoms with van der Waals surface area (Å²) in [5.74, 6) is 7.34. The summed E-state index contributed by atoms with van der Waals surface area (Å²) in [6.45, 7) is 4.98. The van der Waals surface area contributed by atoms with Gasteiger partial charge in [0.15, 0.2) is 5.82 Å². The third-order valence-corrected chi connectivity index (χ3v) is 9.40. The molecule has 2 bridgehead atoms. The number of likely N-dealkylation sites (tertiary alicyclic amines) is 1. The zero-order chi connectivity index (χ0) is 27.1. The zero-order valence-corrected chi connectivity index (χ0v) is 23.0. The molecule has 2 atom stereocenters. The Kier molecular flexibility index (Phi) is 6.47. The minimum absolute atomic E-state index is 0.187. The number of para-hydroxylation sites is 1. The molecule has 3 aromatic rings. The lowest BCUT2D eigenvalue weighted by Gasteiger charge is -2.52. The molecule has 3 saturated heterocycles. The first-order chi connectivity index (χ1) is 19.6. The Morgan fingerprint density at radius 1 is 0.975 bits per heavy atom. The van der Waals surface area contributed by atoms with E-state index in [4.69, 9.17) is 5.73 Å². The van der Waals surface area contributed by atoms with Crippen LogP contribution in [0, 0.1) is 17.3 Å². The lowest BCUT2D eigenvalue weighted by molar-refractivity contribution is -0.0185. The molecule has 3 aliphatic heterocycles. The Labute approximate surface area is 236 Å². The van der Waals surface area contributed by atoms with E-state index in [0.29, 0.717) is 34.6 Å². The normalized spacial score (nSPS) is 23.5. The van der Waals surface area contributed by atoms with Crippen molar-refractivity contribution in [1.29, 1.82) is 0 Å². The molecule has 2 unspecified atom stereocenters. The van der Waals surface area contributed by atoms with Crippen LogP contribution in [0.15, 0.2) is 48.7 Å². The molecule has 5 heterocycles. The first-order valence-electron chi connectivity index (χ1n) is 14.7. The number of phenolic OH excluding ortho intramolecular Hbond substituents is 1. The first-order valence-corrected chi connectivity index (χ1v) is 14.7. The number of rotatable bonds is 4. The van der Waals surface area contributed by atoms with Crippen LogP contribution in [-0.4, -0.2) is 70.0 Å². The second kappa shape index (κ2) is 10.3. The summed E-state index contributed by atoms with van der Waals surface area (Å²) in [7, 11) is 0. The van der Waals surface area contributed by atoms with E-state index in [1.807, 2.05) is 24.4 Å². The smallest absolute Gasteiger partial charge is 0.169 e. The second-order valence-corrected chi connectivity index (χ2v) is 12.1. The van der Waals surface area contributed by atoms with Gasteiger partial charge < -0.3 is 20.6 Å². The number of aromatic nitrogens is 3. The van der Waals surface area contributed by atoms with Crippen molar-refractivity contribution in [3.63, 3.8) is 0 Å². The van der Waals surface area contributed by atoms with Gasteiger partial charge in [-0.05, 0) is 67.4 Å². The van der Waals surface area contributed by atoms with Crippen LogP contribution < -0.4 is 15.5 Å². The summed E-state index contributed by atoms with van der Waals surface area (Å²) in [5, 5.41) is 18.8. The number of pyridine rings is 1. The highest BCUT2D eigenvalue weighted by molar-refractivity contribution is 5.74. The van der Waals surface area contributed by atoms with Crippen molar-refractivity contribution in [1.82, 2.24) is 20.1 Å². The number of nitrogen functional groups attached to an aromatic ring is 1. The third kappa shape index (κ3) is 4.73. The van der Waals surface area contributed by atoms with E-state index >= 15 is 0 Å². The fraction of sp³-hybridized carbons (Fsp3) is 0.469. The van der Waals surface area contributed by atoms with Crippen LogP contribution in [0.25, 0.3) is 11.3 Å². The number of fused-ring (bicyclic) bond motifs is 2. The van der Waals surface area contributed by atoms with E-state index in [-0.39, 0.29) is 5.75 Å². The van der Waals surface area contributed by atoms with E-state index in [9.17, 15) is 5.11 Å². The fourth-order valence-electron chi connectivity index (χ4n) is 7.51. The van der Waals surface area contributed by atoms with Crippen LogP contribution in [0.3, 0.4) is 0 Å². The van der Waals surface area contributed by atoms with Crippen LogP contribution >= 0.6 is 0 Å². The molecule has 8 nitrogen and oxygen atoms in total. The molecular weight excluding hydrogens is 498 g/mol. The van der Waals surface area contributed by atoms with E-state index in [1.54, 1.807) is 12.1 Å². The Morgan fingerprint density at radius 3 is 2.52 bits per heavy atom. The molecule has 0 radical (unpaired) electrons. The van der Waals surface area contributed by atoms with E-state index in [2.05, 4.69) is 53.9 Å². The molecule has 206 valence electrons. The monoisotopic (exact) mass is 535 g/mol. The highest BCUT2D eigenvalue weighted by Gasteiger charge is 2.43. The van der Waals surface area contributed by atoms with Gasteiger partial charge in [0.25, 0.3) is 0 Å². The molecule has 1 spiro atoms. The van der Waals surface area contributed by atoms with Gasteiger partial charge in [0.05, 0.1) is 17.9 Å². The van der Waals surface area contributed by atoms with Crippen LogP contribution in [0.5, 0.6) is 5.75 Å². The van der Waals surface area contributed by atoms with Crippen molar-refractivity contribution >= 4 is 17.2 Å². The number of phenols is 1. The molecular formula is C32H37N7O. The molecule has 1 saturated carbocycles. The number of hydrogen-bond donors (Lipinski definition) is 2. The Balaban J connectivity index is 1.03. The summed E-state index contributed by atoms with van der Waals surface area (Å²) in [6.07, 6.45) is 11.2. The molecule has 4 fully saturated rings. The number of aromatic hydroxyl groups is 1. The zero-order valence-electron chi connectivity index (χ0n) is 23.0. The third-order valence-electron chi connectivity index (χ3n) is 9.40. The van der Waals surface area contributed by atoms with Gasteiger partial charge in [-0.3, -0.25) is 4.90 Å². The van der Waals surface area contributed by atoms with Crippen LogP contribution in [-0.2, 0) is 0 Å². The molecule has 2 aromatic heterocycles. The van der Waals surface area contributed by atoms with Gasteiger partial charge in [0, 0.05) is 55.7 Å². The number of benzene rings is 1. The minimum Gasteiger partial charge on any atom is -0.507 e. The predicted octanol–water partition coefficient (Wildman–Crippen LogP) is 4.30. The highest BCUT2D eigenvalue weighted by Crippen LogP contribution is 2.43. The van der Waals surface area contributed by atoms with Gasteiger partial charge in [-0.1, -0.05) is 37.3 Å². The maximum atomic E-state index is 10.3. The highest BCUT2D eigenvalue weighted by atomic mass is 16.3. The predicted molar refractivity (Wildman–Crippen MR) is 158 cm³/mol. The quantitative estimate of drug-likeness (QED) is 0.478. The molecule has 4 aliphatic rings. The SMILES string of the molecule is Nc1nnc(-c2ccccc2O)cc1N1CC2CCC(C1)N2c1ccnc(C#CCN2CC3(CCCCC3)C2)c1. The Morgan fingerprint density at radius 2 is 1.75 bits per heavy atom. The van der Waals surface area contributed by atoms with Crippen molar-refractivity contribution in [2.24, 2.45) is 5.41 Å². The van der Waals surface area contributed by atoms with Gasteiger partial charge in [-0.25, -0.2) is 4.98 Å². The lowest BCUT2D eigenvalue weighted by atomic mass is 9.69. The van der Waals surface area contributed by atoms with E-state index < -0.39 is 0 Å². The van der Waals surface area contributed by atoms with Crippen LogP contribution in [0.4, 0.5) is 17.2 Å². The summed E-state index contributed by atoms with van der Waals surface area (Å²) < 4.78 is 0. The van der Waals surface area contributed by atoms with Crippen molar-refractivity contribution in [3.05, 3.63) is 54.4 Å². The molecule has 40 heavy (non-hydrogen) atoms. The van der Waals surface area contributed by atoms with Gasteiger partial charge in [0.1, 0.15) is 11.4 Å². The topological polar surface area (TPSA) is 94.6 Å². The van der Waals surface area contributed by atoms with Crippen molar-refractivity contribution in [3.8, 4) is 28.8 Å². The largest absolute Gasteiger partial charge is 0.507 e. The van der Waals surface area contributed by atoms with E-state index in [1.165, 1.54) is 50.9 Å². The maximum absolute atomic E-state index is 10.3. The summed E-state index contributed by atoms with van der Waals surface area (Å²) >= 11 is 0. The Hall–Kier alpha value is -3.83. The average molecular weight is 536 g/mol. The molecule has 8 heteroatoms. The van der Waals surface area contributed by atoms with Gasteiger partial charge in [-0.2, -0.15) is 0 Å². The van der Waals surface area contributed by atoms with Crippen LogP contribution in [0.2, 0.25) is 0 Å². The van der Waals surface area contributed by atoms with Crippen molar-refractivity contribution in [2.45, 2.75) is 57.0 Å². The molecule has 0 amide bonds. The standard InChI is InChI=1S/C32H37N7O/c33-31-29(18-28(35-36-31)27-8-2-3-9-30(27)40)38-19-25-10-11-26(20-38)39(25)24-12-15-34-23(17-24)7-6-16-37-21-32(22-37)13-4-1-5-14-32/h2-3,8-9,12,15,17-18,25-26,40H,1,4-5,10-11,13-14,16,19-22H2,(H2,33,36). The average Bonchev–Trinajstić information content (AvgIpc) is 3.22. The molecule has 1 aromatic carbocycles. The van der Waals surface area contributed by atoms with Crippen molar-refractivity contribution < 1.29 is 5.11 Å². The number of nitrogens with zero attached hydrogens (tertiary/aromatic N) is 6. The van der Waals surface area contributed by atoms with Crippen molar-refractivity contribution in [2.75, 3.05) is 48.3 Å². The fourth-order valence-corrected chi connectivity index (χ4v) is 7.51. The Bertz CT molecular complexity index is 1430. The first kappa shape index (κ1) is 25.2. The van der Waals surface area contributed by atoms with Gasteiger partial charge in [0.2, 0.25) is 0 Å². The molecule has 3 N–H and O–H groups in total. The number of piperazine rings is 1. The van der Waals surface area contributed by atoms with Gasteiger partial charge in [-0.15, -0.1) is 10.2 Å². The summed E-state index contributed by atoms with van der Waals surface area (Å²) in [6, 6.07) is 14.2. The number of nitrogens with two attached hydrogens (primary N) is 1. The molecule has 7 rings (SSSR count). The maximum Gasteiger partial charge on any atom is 0.169 e. The van der Waals surface area contributed by atoms with Crippen LogP contribution in [0.1, 0.15) is 50.6 Å². The second-order valence-electron chi connectivity index (χ2n) is 12.1. The summed E-state index contributed by atoms with van der Waals surface area (Å²) in [4.78, 5) is 11.9. The van der Waals surface area contributed by atoms with E-state index in [0.717, 1.165) is 43.9 Å². The molecule has 1 aliphatic carbocycles. The minimum atomic E-state index is 0.187. The number of anilines is 3. The van der Waals surface area contributed by atoms with Gasteiger partial charge >= 0.3 is 0 Å².